The number of fused-ring (bicyclic) bond motifs is 2. The Morgan fingerprint density at radius 3 is 2.64 bits per heavy atom. The van der Waals surface area contributed by atoms with Gasteiger partial charge in [0.1, 0.15) is 0 Å². The standard InChI is InChI=1S/C12H21BrO/c1-2-3-4-5-8-6-9-7-10(8)11(13)12(9)14/h8-12,14H,2-7H2,1H3. The van der Waals surface area contributed by atoms with Gasteiger partial charge in [-0.15, -0.1) is 0 Å². The van der Waals surface area contributed by atoms with E-state index in [1.807, 2.05) is 0 Å². The average Bonchev–Trinajstić information content (AvgIpc) is 2.69. The minimum absolute atomic E-state index is 0.0533. The highest BCUT2D eigenvalue weighted by Crippen LogP contribution is 2.52. The van der Waals surface area contributed by atoms with Crippen LogP contribution < -0.4 is 0 Å². The quantitative estimate of drug-likeness (QED) is 0.607. The minimum Gasteiger partial charge on any atom is -0.392 e. The molecule has 14 heavy (non-hydrogen) atoms. The van der Waals surface area contributed by atoms with E-state index in [4.69, 9.17) is 0 Å². The highest BCUT2D eigenvalue weighted by molar-refractivity contribution is 9.09. The van der Waals surface area contributed by atoms with Crippen molar-refractivity contribution in [1.29, 1.82) is 0 Å². The van der Waals surface area contributed by atoms with Gasteiger partial charge in [-0.3, -0.25) is 0 Å². The van der Waals surface area contributed by atoms with Gasteiger partial charge in [0.2, 0.25) is 0 Å². The SMILES string of the molecule is CCCCCC1CC2CC1C(Br)C2O. The van der Waals surface area contributed by atoms with Gasteiger partial charge in [-0.05, 0) is 30.6 Å². The summed E-state index contributed by atoms with van der Waals surface area (Å²) in [6, 6.07) is 0. The minimum atomic E-state index is -0.0533. The molecule has 0 amide bonds. The smallest absolute Gasteiger partial charge is 0.0696 e. The highest BCUT2D eigenvalue weighted by Gasteiger charge is 2.50. The maximum atomic E-state index is 9.83. The molecular formula is C12H21BrO. The summed E-state index contributed by atoms with van der Waals surface area (Å²) in [4.78, 5) is 0.396. The molecule has 0 aromatic heterocycles. The first-order valence-corrected chi connectivity index (χ1v) is 6.97. The lowest BCUT2D eigenvalue weighted by Gasteiger charge is -2.29. The van der Waals surface area contributed by atoms with E-state index >= 15 is 0 Å². The third kappa shape index (κ3) is 1.88. The van der Waals surface area contributed by atoms with E-state index in [0.717, 1.165) is 11.8 Å². The number of unbranched alkanes of at least 4 members (excludes halogenated alkanes) is 2. The molecule has 2 aliphatic carbocycles. The lowest BCUT2D eigenvalue weighted by Crippen LogP contribution is -2.32. The van der Waals surface area contributed by atoms with Crippen molar-refractivity contribution in [3.8, 4) is 0 Å². The summed E-state index contributed by atoms with van der Waals surface area (Å²) in [6.07, 6.45) is 7.99. The van der Waals surface area contributed by atoms with Crippen LogP contribution in [0.1, 0.15) is 45.4 Å². The van der Waals surface area contributed by atoms with Crippen LogP contribution >= 0.6 is 15.9 Å². The van der Waals surface area contributed by atoms with Crippen LogP contribution in [-0.4, -0.2) is 16.0 Å². The number of hydrogen-bond acceptors (Lipinski definition) is 1. The van der Waals surface area contributed by atoms with Crippen LogP contribution in [0.5, 0.6) is 0 Å². The maximum Gasteiger partial charge on any atom is 0.0696 e. The molecule has 0 heterocycles. The number of rotatable bonds is 4. The summed E-state index contributed by atoms with van der Waals surface area (Å²) in [5, 5.41) is 9.83. The van der Waals surface area contributed by atoms with E-state index in [0.29, 0.717) is 10.7 Å². The van der Waals surface area contributed by atoms with E-state index in [9.17, 15) is 5.11 Å². The summed E-state index contributed by atoms with van der Waals surface area (Å²) in [6.45, 7) is 2.26. The zero-order valence-electron chi connectivity index (χ0n) is 8.95. The van der Waals surface area contributed by atoms with Gasteiger partial charge in [0.15, 0.2) is 0 Å². The molecule has 0 aromatic rings. The van der Waals surface area contributed by atoms with Gasteiger partial charge in [-0.2, -0.15) is 0 Å². The van der Waals surface area contributed by atoms with Crippen LogP contribution in [0, 0.1) is 17.8 Å². The molecule has 2 saturated carbocycles. The molecule has 2 bridgehead atoms. The molecule has 1 nitrogen and oxygen atoms in total. The van der Waals surface area contributed by atoms with Crippen molar-refractivity contribution in [1.82, 2.24) is 0 Å². The monoisotopic (exact) mass is 260 g/mol. The molecule has 2 rings (SSSR count). The lowest BCUT2D eigenvalue weighted by atomic mass is 9.84. The van der Waals surface area contributed by atoms with Gasteiger partial charge in [0.25, 0.3) is 0 Å². The summed E-state index contributed by atoms with van der Waals surface area (Å²) in [5.74, 6) is 2.28. The summed E-state index contributed by atoms with van der Waals surface area (Å²) < 4.78 is 0. The Kier molecular flexibility index (Phi) is 3.54. The molecular weight excluding hydrogens is 240 g/mol. The number of alkyl halides is 1. The normalized spacial score (nSPS) is 46.1. The zero-order valence-corrected chi connectivity index (χ0v) is 10.5. The predicted molar refractivity (Wildman–Crippen MR) is 62.6 cm³/mol. The number of aliphatic hydroxyl groups excluding tert-OH is 1. The van der Waals surface area contributed by atoms with Crippen molar-refractivity contribution in [3.05, 3.63) is 0 Å². The van der Waals surface area contributed by atoms with E-state index in [-0.39, 0.29) is 6.10 Å². The predicted octanol–water partition coefficient (Wildman–Crippen LogP) is 3.35. The van der Waals surface area contributed by atoms with Crippen LogP contribution in [0.3, 0.4) is 0 Å². The summed E-state index contributed by atoms with van der Waals surface area (Å²) >= 11 is 3.66. The second kappa shape index (κ2) is 4.52. The molecule has 0 aromatic carbocycles. The van der Waals surface area contributed by atoms with Crippen molar-refractivity contribution in [2.75, 3.05) is 0 Å². The molecule has 0 saturated heterocycles. The highest BCUT2D eigenvalue weighted by atomic mass is 79.9. The molecule has 5 atom stereocenters. The largest absolute Gasteiger partial charge is 0.392 e. The second-order valence-electron chi connectivity index (χ2n) is 5.09. The Bertz CT molecular complexity index is 193. The van der Waals surface area contributed by atoms with E-state index in [1.54, 1.807) is 0 Å². The fourth-order valence-corrected chi connectivity index (χ4v) is 4.45. The van der Waals surface area contributed by atoms with Crippen molar-refractivity contribution in [3.63, 3.8) is 0 Å². The summed E-state index contributed by atoms with van der Waals surface area (Å²) in [5.41, 5.74) is 0. The molecule has 2 fully saturated rings. The van der Waals surface area contributed by atoms with Gasteiger partial charge in [0.05, 0.1) is 6.10 Å². The van der Waals surface area contributed by atoms with E-state index < -0.39 is 0 Å². The molecule has 2 heteroatoms. The second-order valence-corrected chi connectivity index (χ2v) is 6.14. The van der Waals surface area contributed by atoms with Gasteiger partial charge >= 0.3 is 0 Å². The molecule has 0 aliphatic heterocycles. The maximum absolute atomic E-state index is 9.83. The van der Waals surface area contributed by atoms with Crippen LogP contribution in [0.15, 0.2) is 0 Å². The Balaban J connectivity index is 1.81. The Labute approximate surface area is 95.4 Å². The van der Waals surface area contributed by atoms with Crippen molar-refractivity contribution >= 4 is 15.9 Å². The van der Waals surface area contributed by atoms with Crippen LogP contribution in [0.4, 0.5) is 0 Å². The fourth-order valence-electron chi connectivity index (χ4n) is 3.37. The first kappa shape index (κ1) is 10.9. The van der Waals surface area contributed by atoms with Crippen molar-refractivity contribution < 1.29 is 5.11 Å². The van der Waals surface area contributed by atoms with Gasteiger partial charge in [-0.1, -0.05) is 48.5 Å². The van der Waals surface area contributed by atoms with Crippen LogP contribution in [-0.2, 0) is 0 Å². The third-order valence-corrected chi connectivity index (χ3v) is 5.40. The first-order valence-electron chi connectivity index (χ1n) is 6.06. The Morgan fingerprint density at radius 1 is 1.29 bits per heavy atom. The molecule has 2 aliphatic rings. The summed E-state index contributed by atoms with van der Waals surface area (Å²) in [7, 11) is 0. The topological polar surface area (TPSA) is 20.2 Å². The lowest BCUT2D eigenvalue weighted by molar-refractivity contribution is 0.101. The zero-order chi connectivity index (χ0) is 10.1. The van der Waals surface area contributed by atoms with Crippen molar-refractivity contribution in [2.45, 2.75) is 56.4 Å². The van der Waals surface area contributed by atoms with Crippen LogP contribution in [0.2, 0.25) is 0 Å². The average molecular weight is 261 g/mol. The molecule has 82 valence electrons. The third-order valence-electron chi connectivity index (χ3n) is 4.18. The van der Waals surface area contributed by atoms with Gasteiger partial charge in [-0.25, -0.2) is 0 Å². The fraction of sp³-hybridized carbons (Fsp3) is 1.00. The molecule has 0 spiro atoms. The van der Waals surface area contributed by atoms with Crippen LogP contribution in [0.25, 0.3) is 0 Å². The van der Waals surface area contributed by atoms with E-state index in [1.165, 1.54) is 38.5 Å². The molecule has 1 N–H and O–H groups in total. The Morgan fingerprint density at radius 2 is 2.07 bits per heavy atom. The number of aliphatic hydroxyl groups is 1. The number of hydrogen-bond donors (Lipinski definition) is 1. The molecule has 5 unspecified atom stereocenters. The van der Waals surface area contributed by atoms with Crippen molar-refractivity contribution in [2.24, 2.45) is 17.8 Å². The van der Waals surface area contributed by atoms with E-state index in [2.05, 4.69) is 22.9 Å². The Hall–Kier alpha value is 0.440. The number of halogens is 1. The first-order chi connectivity index (χ1) is 6.74. The van der Waals surface area contributed by atoms with Gasteiger partial charge < -0.3 is 5.11 Å². The van der Waals surface area contributed by atoms with Gasteiger partial charge in [0, 0.05) is 4.83 Å². The molecule has 0 radical (unpaired) electrons.